The Morgan fingerprint density at radius 3 is 1.73 bits per heavy atom. The first kappa shape index (κ1) is 36.7. The molecule has 0 aromatic heterocycles. The molecular formula is C30H62NO5P. The molecule has 0 rings (SSSR count). The van der Waals surface area contributed by atoms with E-state index in [-0.39, 0.29) is 24.9 Å². The van der Waals surface area contributed by atoms with Gasteiger partial charge in [0.1, 0.15) is 5.78 Å². The lowest BCUT2D eigenvalue weighted by molar-refractivity contribution is -0.120. The highest BCUT2D eigenvalue weighted by Gasteiger charge is 2.24. The maximum atomic E-state index is 12.2. The number of Topliss-reactive ketones (excluding diaryl/α,β-unsaturated/α-hetero) is 1. The summed E-state index contributed by atoms with van der Waals surface area (Å²) in [7, 11) is -2.19. The number of rotatable bonds is 30. The van der Waals surface area contributed by atoms with Crippen LogP contribution in [0.25, 0.3) is 0 Å². The van der Waals surface area contributed by atoms with Crippen LogP contribution in [0.15, 0.2) is 0 Å². The molecule has 0 fully saturated rings. The van der Waals surface area contributed by atoms with E-state index in [9.17, 15) is 14.3 Å². The average Bonchev–Trinajstić information content (AvgIpc) is 2.87. The first-order valence-electron chi connectivity index (χ1n) is 15.7. The zero-order valence-corrected chi connectivity index (χ0v) is 25.7. The molecule has 0 bridgehead atoms. The van der Waals surface area contributed by atoms with Crippen LogP contribution in [-0.2, 0) is 18.4 Å². The molecule has 0 saturated heterocycles. The van der Waals surface area contributed by atoms with Gasteiger partial charge >= 0.3 is 7.82 Å². The average molecular weight is 548 g/mol. The van der Waals surface area contributed by atoms with Gasteiger partial charge in [-0.05, 0) is 45.2 Å². The molecule has 2 N–H and O–H groups in total. The van der Waals surface area contributed by atoms with E-state index in [1.54, 1.807) is 0 Å². The second-order valence-electron chi connectivity index (χ2n) is 10.9. The van der Waals surface area contributed by atoms with Crippen molar-refractivity contribution in [3.8, 4) is 0 Å². The van der Waals surface area contributed by atoms with Crippen LogP contribution >= 0.6 is 7.82 Å². The number of carbonyl (C=O) groups is 1. The van der Waals surface area contributed by atoms with Gasteiger partial charge in [0, 0.05) is 12.8 Å². The van der Waals surface area contributed by atoms with E-state index in [2.05, 4.69) is 12.2 Å². The molecule has 0 aromatic rings. The number of nitrogens with one attached hydrogen (secondary N) is 1. The molecule has 0 saturated carbocycles. The summed E-state index contributed by atoms with van der Waals surface area (Å²) in [6.07, 6.45) is 25.6. The number of unbranched alkanes of at least 4 members (excludes halogenated alkanes) is 16. The van der Waals surface area contributed by atoms with Crippen molar-refractivity contribution in [3.05, 3.63) is 0 Å². The van der Waals surface area contributed by atoms with Crippen molar-refractivity contribution in [3.63, 3.8) is 0 Å². The minimum Gasteiger partial charge on any atom is -0.320 e. The van der Waals surface area contributed by atoms with Gasteiger partial charge in [-0.2, -0.15) is 0 Å². The number of hydrogen-bond acceptors (Lipinski definition) is 5. The molecular weight excluding hydrogens is 485 g/mol. The fourth-order valence-electron chi connectivity index (χ4n) is 4.75. The van der Waals surface area contributed by atoms with Crippen LogP contribution in [0, 0.1) is 5.92 Å². The molecule has 2 unspecified atom stereocenters. The van der Waals surface area contributed by atoms with Gasteiger partial charge in [0.2, 0.25) is 0 Å². The molecule has 0 radical (unpaired) electrons. The summed E-state index contributed by atoms with van der Waals surface area (Å²) in [4.78, 5) is 22.2. The molecule has 0 aliphatic heterocycles. The molecule has 0 spiro atoms. The van der Waals surface area contributed by atoms with E-state index in [0.717, 1.165) is 38.6 Å². The summed E-state index contributed by atoms with van der Waals surface area (Å²) in [5, 5.41) is 3.04. The van der Waals surface area contributed by atoms with Crippen LogP contribution in [0.5, 0.6) is 0 Å². The highest BCUT2D eigenvalue weighted by atomic mass is 31.2. The van der Waals surface area contributed by atoms with Crippen molar-refractivity contribution < 1.29 is 23.3 Å². The SMILES string of the molecule is CCCCCCCCCCCCCCCCCCC(COP(=O)(O)OCCCCNC)CC(=O)CCC. The van der Waals surface area contributed by atoms with Gasteiger partial charge in [-0.15, -0.1) is 0 Å². The lowest BCUT2D eigenvalue weighted by atomic mass is 9.94. The van der Waals surface area contributed by atoms with Crippen LogP contribution in [0.1, 0.15) is 155 Å². The minimum atomic E-state index is -4.06. The Morgan fingerprint density at radius 2 is 1.24 bits per heavy atom. The molecule has 222 valence electrons. The van der Waals surface area contributed by atoms with Crippen LogP contribution in [0.2, 0.25) is 0 Å². The van der Waals surface area contributed by atoms with Crippen LogP contribution in [0.3, 0.4) is 0 Å². The van der Waals surface area contributed by atoms with Crippen molar-refractivity contribution in [2.24, 2.45) is 5.92 Å². The first-order chi connectivity index (χ1) is 17.9. The Balaban J connectivity index is 3.91. The topological polar surface area (TPSA) is 84.9 Å². The predicted octanol–water partition coefficient (Wildman–Crippen LogP) is 9.15. The van der Waals surface area contributed by atoms with Gasteiger partial charge in [-0.1, -0.05) is 117 Å². The first-order valence-corrected chi connectivity index (χ1v) is 17.2. The molecule has 0 heterocycles. The van der Waals surface area contributed by atoms with Gasteiger partial charge in [-0.25, -0.2) is 4.57 Å². The summed E-state index contributed by atoms with van der Waals surface area (Å²) in [5.41, 5.74) is 0. The van der Waals surface area contributed by atoms with Crippen molar-refractivity contribution in [1.29, 1.82) is 0 Å². The lowest BCUT2D eigenvalue weighted by Gasteiger charge is -2.19. The molecule has 0 aliphatic rings. The van der Waals surface area contributed by atoms with Crippen LogP contribution < -0.4 is 5.32 Å². The summed E-state index contributed by atoms with van der Waals surface area (Å²) in [5.74, 6) is 0.201. The Hall–Kier alpha value is -0.260. The third-order valence-corrected chi connectivity index (χ3v) is 8.04. The number of phosphoric ester groups is 1. The van der Waals surface area contributed by atoms with E-state index in [0.29, 0.717) is 19.3 Å². The van der Waals surface area contributed by atoms with E-state index in [1.165, 1.54) is 89.9 Å². The Morgan fingerprint density at radius 1 is 0.730 bits per heavy atom. The standard InChI is InChI=1S/C30H62NO5P/c1-4-6-7-8-9-10-11-12-13-14-15-16-17-18-19-20-24-29(27-30(32)23-5-2)28-36-37(33,34)35-26-22-21-25-31-3/h29,31H,4-28H2,1-3H3,(H,33,34). The van der Waals surface area contributed by atoms with Crippen LogP contribution in [-0.4, -0.2) is 37.5 Å². The third-order valence-electron chi connectivity index (χ3n) is 7.06. The van der Waals surface area contributed by atoms with Gasteiger partial charge in [0.25, 0.3) is 0 Å². The maximum absolute atomic E-state index is 12.2. The number of hydrogen-bond donors (Lipinski definition) is 2. The van der Waals surface area contributed by atoms with Crippen molar-refractivity contribution in [1.82, 2.24) is 5.32 Å². The number of ketones is 1. The maximum Gasteiger partial charge on any atom is 0.472 e. The minimum absolute atomic E-state index is 0.0148. The third kappa shape index (κ3) is 27.1. The quantitative estimate of drug-likeness (QED) is 0.0689. The highest BCUT2D eigenvalue weighted by molar-refractivity contribution is 7.47. The van der Waals surface area contributed by atoms with Gasteiger partial charge in [0.05, 0.1) is 13.2 Å². The monoisotopic (exact) mass is 547 g/mol. The molecule has 6 nitrogen and oxygen atoms in total. The Kier molecular flexibility index (Phi) is 27.1. The normalized spacial score (nSPS) is 14.1. The summed E-state index contributed by atoms with van der Waals surface area (Å²) >= 11 is 0. The fourth-order valence-corrected chi connectivity index (χ4v) is 5.58. The summed E-state index contributed by atoms with van der Waals surface area (Å²) in [6.45, 7) is 5.44. The molecule has 2 atom stereocenters. The highest BCUT2D eigenvalue weighted by Crippen LogP contribution is 2.44. The second kappa shape index (κ2) is 27.3. The Labute approximate surface area is 230 Å². The molecule has 37 heavy (non-hydrogen) atoms. The van der Waals surface area contributed by atoms with Gasteiger partial charge in [0.15, 0.2) is 0 Å². The Bertz CT molecular complexity index is 546. The number of phosphoric acid groups is 1. The molecule has 0 aromatic carbocycles. The predicted molar refractivity (Wildman–Crippen MR) is 157 cm³/mol. The van der Waals surface area contributed by atoms with Gasteiger partial charge < -0.3 is 10.2 Å². The van der Waals surface area contributed by atoms with E-state index in [4.69, 9.17) is 9.05 Å². The number of carbonyl (C=O) groups excluding carboxylic acids is 1. The van der Waals surface area contributed by atoms with Crippen molar-refractivity contribution in [2.75, 3.05) is 26.8 Å². The van der Waals surface area contributed by atoms with Crippen molar-refractivity contribution >= 4 is 13.6 Å². The summed E-state index contributed by atoms with van der Waals surface area (Å²) < 4.78 is 22.6. The molecule has 0 aliphatic carbocycles. The largest absolute Gasteiger partial charge is 0.472 e. The summed E-state index contributed by atoms with van der Waals surface area (Å²) in [6, 6.07) is 0. The zero-order valence-electron chi connectivity index (χ0n) is 24.8. The fraction of sp³-hybridized carbons (Fsp3) is 0.967. The van der Waals surface area contributed by atoms with Gasteiger partial charge in [-0.3, -0.25) is 13.8 Å². The zero-order chi connectivity index (χ0) is 27.5. The van der Waals surface area contributed by atoms with E-state index in [1.807, 2.05) is 14.0 Å². The molecule has 7 heteroatoms. The second-order valence-corrected chi connectivity index (χ2v) is 12.3. The van der Waals surface area contributed by atoms with E-state index < -0.39 is 7.82 Å². The van der Waals surface area contributed by atoms with Crippen LogP contribution in [0.4, 0.5) is 0 Å². The van der Waals surface area contributed by atoms with Crippen molar-refractivity contribution in [2.45, 2.75) is 155 Å². The van der Waals surface area contributed by atoms with E-state index >= 15 is 0 Å². The molecule has 0 amide bonds. The lowest BCUT2D eigenvalue weighted by Crippen LogP contribution is -2.15. The smallest absolute Gasteiger partial charge is 0.320 e.